The summed E-state index contributed by atoms with van der Waals surface area (Å²) >= 11 is 30.8. The molecule has 4 rings (SSSR count). The predicted octanol–water partition coefficient (Wildman–Crippen LogP) is 7.54. The average molecular weight is 598 g/mol. The third kappa shape index (κ3) is 6.06. The van der Waals surface area contributed by atoms with Crippen molar-refractivity contribution in [3.05, 3.63) is 103 Å². The van der Waals surface area contributed by atoms with Crippen LogP contribution in [-0.4, -0.2) is 32.8 Å². The van der Waals surface area contributed by atoms with Gasteiger partial charge in [-0.2, -0.15) is 5.10 Å². The number of amides is 1. The summed E-state index contributed by atoms with van der Waals surface area (Å²) in [5.74, 6) is -1.90. The van der Waals surface area contributed by atoms with Crippen LogP contribution in [0, 0.1) is 6.92 Å². The number of benzene rings is 3. The van der Waals surface area contributed by atoms with E-state index >= 15 is 0 Å². The standard InChI is InChI=1S/C26H18Cl5N3O3/c1-13-23(25(35)32-21(26(36)37)10-15-4-7-17(28)11-19(15)30)33-34(22-9-8-18(29)12-20(22)31)24(13)14-2-5-16(27)6-3-14/h2-9,11-12,21H,10H2,1H3,(H,32,35)(H,36,37)/t21-/m1/s1. The molecule has 4 aromatic rings. The fourth-order valence-electron chi connectivity index (χ4n) is 3.82. The first-order valence-corrected chi connectivity index (χ1v) is 12.7. The molecule has 0 aliphatic carbocycles. The Morgan fingerprint density at radius 1 is 0.892 bits per heavy atom. The summed E-state index contributed by atoms with van der Waals surface area (Å²) in [5.41, 5.74) is 2.86. The van der Waals surface area contributed by atoms with Crippen molar-refractivity contribution in [3.8, 4) is 16.9 Å². The van der Waals surface area contributed by atoms with E-state index in [1.165, 1.54) is 10.7 Å². The Hall–Kier alpha value is -2.74. The molecule has 0 aliphatic heterocycles. The van der Waals surface area contributed by atoms with Gasteiger partial charge < -0.3 is 10.4 Å². The van der Waals surface area contributed by atoms with Gasteiger partial charge in [0.1, 0.15) is 6.04 Å². The number of nitrogens with one attached hydrogen (secondary N) is 1. The number of aromatic nitrogens is 2. The van der Waals surface area contributed by atoms with Crippen molar-refractivity contribution in [1.82, 2.24) is 15.1 Å². The summed E-state index contributed by atoms with van der Waals surface area (Å²) in [5, 5.41) is 18.9. The summed E-state index contributed by atoms with van der Waals surface area (Å²) in [6.45, 7) is 1.72. The van der Waals surface area contributed by atoms with Gasteiger partial charge in [-0.3, -0.25) is 4.79 Å². The topological polar surface area (TPSA) is 84.2 Å². The lowest BCUT2D eigenvalue weighted by Crippen LogP contribution is -2.42. The van der Waals surface area contributed by atoms with Gasteiger partial charge in [0.25, 0.3) is 5.91 Å². The Balaban J connectivity index is 1.75. The normalized spacial score (nSPS) is 11.8. The molecule has 1 amide bonds. The van der Waals surface area contributed by atoms with Crippen molar-refractivity contribution in [2.75, 3.05) is 0 Å². The van der Waals surface area contributed by atoms with E-state index in [9.17, 15) is 14.7 Å². The first kappa shape index (κ1) is 27.3. The van der Waals surface area contributed by atoms with E-state index in [0.29, 0.717) is 47.6 Å². The van der Waals surface area contributed by atoms with Crippen molar-refractivity contribution >= 4 is 69.9 Å². The highest BCUT2D eigenvalue weighted by molar-refractivity contribution is 6.36. The first-order chi connectivity index (χ1) is 17.5. The Morgan fingerprint density at radius 3 is 2.08 bits per heavy atom. The Morgan fingerprint density at radius 2 is 1.49 bits per heavy atom. The van der Waals surface area contributed by atoms with Gasteiger partial charge in [0.15, 0.2) is 5.69 Å². The molecule has 1 aromatic heterocycles. The van der Waals surface area contributed by atoms with Crippen molar-refractivity contribution < 1.29 is 14.7 Å². The van der Waals surface area contributed by atoms with E-state index in [0.717, 1.165) is 5.56 Å². The largest absolute Gasteiger partial charge is 0.480 e. The maximum absolute atomic E-state index is 13.4. The average Bonchev–Trinajstić information content (AvgIpc) is 3.17. The summed E-state index contributed by atoms with van der Waals surface area (Å²) in [6, 6.07) is 15.4. The Bertz CT molecular complexity index is 1500. The van der Waals surface area contributed by atoms with Crippen LogP contribution in [0.5, 0.6) is 0 Å². The number of carboxylic acids is 1. The summed E-state index contributed by atoms with van der Waals surface area (Å²) in [4.78, 5) is 25.4. The van der Waals surface area contributed by atoms with Crippen LogP contribution in [-0.2, 0) is 11.2 Å². The fourth-order valence-corrected chi connectivity index (χ4v) is 4.92. The van der Waals surface area contributed by atoms with Gasteiger partial charge in [-0.25, -0.2) is 9.48 Å². The van der Waals surface area contributed by atoms with Gasteiger partial charge in [-0.15, -0.1) is 0 Å². The molecular formula is C26H18Cl5N3O3. The molecule has 6 nitrogen and oxygen atoms in total. The highest BCUT2D eigenvalue weighted by atomic mass is 35.5. The van der Waals surface area contributed by atoms with E-state index in [-0.39, 0.29) is 12.1 Å². The van der Waals surface area contributed by atoms with Crippen molar-refractivity contribution in [2.45, 2.75) is 19.4 Å². The van der Waals surface area contributed by atoms with E-state index < -0.39 is 17.9 Å². The van der Waals surface area contributed by atoms with Gasteiger partial charge in [-0.05, 0) is 55.0 Å². The number of carbonyl (C=O) groups is 2. The Kier molecular flexibility index (Phi) is 8.36. The minimum absolute atomic E-state index is 0.0319. The highest BCUT2D eigenvalue weighted by Crippen LogP contribution is 2.33. The molecule has 1 heterocycles. The molecule has 0 radical (unpaired) electrons. The van der Waals surface area contributed by atoms with Gasteiger partial charge >= 0.3 is 5.97 Å². The molecule has 0 saturated heterocycles. The number of rotatable bonds is 7. The lowest BCUT2D eigenvalue weighted by atomic mass is 10.0. The van der Waals surface area contributed by atoms with Crippen LogP contribution in [0.15, 0.2) is 60.7 Å². The van der Waals surface area contributed by atoms with Crippen LogP contribution in [0.3, 0.4) is 0 Å². The van der Waals surface area contributed by atoms with Crippen LogP contribution in [0.2, 0.25) is 25.1 Å². The smallest absolute Gasteiger partial charge is 0.326 e. The fraction of sp³-hybridized carbons (Fsp3) is 0.115. The quantitative estimate of drug-likeness (QED) is 0.231. The maximum Gasteiger partial charge on any atom is 0.326 e. The van der Waals surface area contributed by atoms with Gasteiger partial charge in [0.2, 0.25) is 0 Å². The number of hydrogen-bond donors (Lipinski definition) is 2. The zero-order valence-corrected chi connectivity index (χ0v) is 22.9. The molecule has 0 saturated carbocycles. The molecule has 1 atom stereocenters. The van der Waals surface area contributed by atoms with Crippen molar-refractivity contribution in [2.24, 2.45) is 0 Å². The zero-order chi connectivity index (χ0) is 26.9. The molecule has 0 fully saturated rings. The third-order valence-electron chi connectivity index (χ3n) is 5.64. The molecule has 190 valence electrons. The number of halogens is 5. The first-order valence-electron chi connectivity index (χ1n) is 10.8. The van der Waals surface area contributed by atoms with Gasteiger partial charge in [0, 0.05) is 37.6 Å². The van der Waals surface area contributed by atoms with E-state index in [2.05, 4.69) is 10.4 Å². The SMILES string of the molecule is Cc1c(C(=O)N[C@H](Cc2ccc(Cl)cc2Cl)C(=O)O)nn(-c2ccc(Cl)cc2Cl)c1-c1ccc(Cl)cc1. The monoisotopic (exact) mass is 595 g/mol. The third-order valence-corrected chi connectivity index (χ3v) is 7.01. The van der Waals surface area contributed by atoms with Crippen LogP contribution < -0.4 is 5.32 Å². The zero-order valence-electron chi connectivity index (χ0n) is 19.1. The van der Waals surface area contributed by atoms with Crippen molar-refractivity contribution in [1.29, 1.82) is 0 Å². The molecule has 0 spiro atoms. The Labute approximate surface area is 237 Å². The minimum atomic E-state index is -1.27. The van der Waals surface area contributed by atoms with E-state index in [1.807, 2.05) is 0 Å². The van der Waals surface area contributed by atoms with Gasteiger partial charge in [0.05, 0.1) is 16.4 Å². The van der Waals surface area contributed by atoms with E-state index in [4.69, 9.17) is 58.0 Å². The number of nitrogens with zero attached hydrogens (tertiary/aromatic N) is 2. The minimum Gasteiger partial charge on any atom is -0.480 e. The van der Waals surface area contributed by atoms with Crippen molar-refractivity contribution in [3.63, 3.8) is 0 Å². The lowest BCUT2D eigenvalue weighted by molar-refractivity contribution is -0.139. The summed E-state index contributed by atoms with van der Waals surface area (Å²) < 4.78 is 1.53. The predicted molar refractivity (Wildman–Crippen MR) is 148 cm³/mol. The molecule has 37 heavy (non-hydrogen) atoms. The number of carbonyl (C=O) groups excluding carboxylic acids is 1. The maximum atomic E-state index is 13.4. The summed E-state index contributed by atoms with van der Waals surface area (Å²) in [7, 11) is 0. The second kappa shape index (κ2) is 11.3. The van der Waals surface area contributed by atoms with Crippen LogP contribution >= 0.6 is 58.0 Å². The summed E-state index contributed by atoms with van der Waals surface area (Å²) in [6.07, 6.45) is -0.0517. The second-order valence-corrected chi connectivity index (χ2v) is 10.3. The molecule has 0 aliphatic rings. The van der Waals surface area contributed by atoms with Crippen LogP contribution in [0.25, 0.3) is 16.9 Å². The molecule has 3 aromatic carbocycles. The van der Waals surface area contributed by atoms with Crippen LogP contribution in [0.4, 0.5) is 0 Å². The molecule has 11 heteroatoms. The molecule has 0 bridgehead atoms. The van der Waals surface area contributed by atoms with Crippen LogP contribution in [0.1, 0.15) is 21.6 Å². The molecule has 2 N–H and O–H groups in total. The van der Waals surface area contributed by atoms with E-state index in [1.54, 1.807) is 61.5 Å². The number of hydrogen-bond acceptors (Lipinski definition) is 3. The molecule has 0 unspecified atom stereocenters. The highest BCUT2D eigenvalue weighted by Gasteiger charge is 2.27. The number of carboxylic acid groups (broad SMARTS) is 1. The number of aliphatic carboxylic acids is 1. The molecular weight excluding hydrogens is 580 g/mol. The van der Waals surface area contributed by atoms with Gasteiger partial charge in [-0.1, -0.05) is 76.2 Å². The lowest BCUT2D eigenvalue weighted by Gasteiger charge is -2.15. The second-order valence-electron chi connectivity index (χ2n) is 8.14.